The predicted octanol–water partition coefficient (Wildman–Crippen LogP) is 2.43. The third-order valence-electron chi connectivity index (χ3n) is 3.36. The quantitative estimate of drug-likeness (QED) is 0.642. The van der Waals surface area contributed by atoms with Crippen molar-refractivity contribution in [2.45, 2.75) is 19.8 Å². The maximum Gasteiger partial charge on any atom is 0.115 e. The van der Waals surface area contributed by atoms with Gasteiger partial charge in [0.1, 0.15) is 5.76 Å². The molecule has 0 aromatic rings. The molecular formula is C13H21NO. The second-order valence-electron chi connectivity index (χ2n) is 5.22. The molecule has 15 heavy (non-hydrogen) atoms. The summed E-state index contributed by atoms with van der Waals surface area (Å²) in [6, 6.07) is 0. The smallest absolute Gasteiger partial charge is 0.115 e. The number of rotatable bonds is 5. The molecule has 2 nitrogen and oxygen atoms in total. The van der Waals surface area contributed by atoms with Crippen LogP contribution in [0, 0.1) is 11.3 Å². The Morgan fingerprint density at radius 2 is 2.33 bits per heavy atom. The van der Waals surface area contributed by atoms with E-state index in [1.165, 1.54) is 6.42 Å². The minimum absolute atomic E-state index is 0.469. The molecule has 0 amide bonds. The third-order valence-corrected chi connectivity index (χ3v) is 3.36. The molecule has 2 heteroatoms. The molecule has 0 saturated heterocycles. The lowest BCUT2D eigenvalue weighted by atomic mass is 10.0. The molecule has 0 bridgehead atoms. The number of nitrogens with zero attached hydrogens (tertiary/aromatic N) is 1. The first kappa shape index (κ1) is 10.7. The zero-order chi connectivity index (χ0) is 10.9. The highest BCUT2D eigenvalue weighted by molar-refractivity contribution is 5.31. The molecule has 0 aliphatic heterocycles. The monoisotopic (exact) mass is 207 g/mol. The van der Waals surface area contributed by atoms with E-state index in [1.807, 2.05) is 0 Å². The summed E-state index contributed by atoms with van der Waals surface area (Å²) in [7, 11) is 4.19. The maximum atomic E-state index is 5.72. The van der Waals surface area contributed by atoms with Crippen molar-refractivity contribution in [2.24, 2.45) is 11.3 Å². The van der Waals surface area contributed by atoms with E-state index in [9.17, 15) is 0 Å². The van der Waals surface area contributed by atoms with Crippen LogP contribution in [0.4, 0.5) is 0 Å². The topological polar surface area (TPSA) is 12.5 Å². The van der Waals surface area contributed by atoms with Crippen LogP contribution >= 0.6 is 0 Å². The Hall–Kier alpha value is -0.760. The van der Waals surface area contributed by atoms with E-state index in [0.717, 1.165) is 31.2 Å². The highest BCUT2D eigenvalue weighted by atomic mass is 16.5. The Bertz CT molecular complexity index is 293. The van der Waals surface area contributed by atoms with Gasteiger partial charge in [0.25, 0.3) is 0 Å². The van der Waals surface area contributed by atoms with Gasteiger partial charge in [-0.1, -0.05) is 13.0 Å². The van der Waals surface area contributed by atoms with Gasteiger partial charge in [0.05, 0.1) is 6.61 Å². The lowest BCUT2D eigenvalue weighted by molar-refractivity contribution is 0.204. The number of hydrogen-bond donors (Lipinski definition) is 0. The van der Waals surface area contributed by atoms with E-state index in [-0.39, 0.29) is 0 Å². The Labute approximate surface area is 92.6 Å². The number of ether oxygens (including phenoxy) is 1. The average Bonchev–Trinajstić information content (AvgIpc) is 2.83. The fourth-order valence-electron chi connectivity index (χ4n) is 2.05. The first-order chi connectivity index (χ1) is 7.10. The van der Waals surface area contributed by atoms with E-state index in [0.29, 0.717) is 5.41 Å². The second-order valence-corrected chi connectivity index (χ2v) is 5.22. The van der Waals surface area contributed by atoms with Crippen LogP contribution in [-0.2, 0) is 4.74 Å². The number of fused-ring (bicyclic) bond motifs is 1. The molecule has 0 aromatic heterocycles. The molecule has 0 aromatic carbocycles. The Morgan fingerprint density at radius 1 is 1.53 bits per heavy atom. The van der Waals surface area contributed by atoms with Gasteiger partial charge >= 0.3 is 0 Å². The van der Waals surface area contributed by atoms with Crippen LogP contribution in [0.15, 0.2) is 24.0 Å². The fourth-order valence-corrected chi connectivity index (χ4v) is 2.05. The fraction of sp³-hybridized carbons (Fsp3) is 0.692. The minimum Gasteiger partial charge on any atom is -0.494 e. The molecule has 0 N–H and O–H groups in total. The standard InChI is InChI=1S/C13H21NO/c1-13-6-5-12(9-11(13)10-13)15-8-4-7-14(2)3/h5-6,9,11H,4,7-8,10H2,1-3H3. The van der Waals surface area contributed by atoms with Gasteiger partial charge in [-0.3, -0.25) is 0 Å². The van der Waals surface area contributed by atoms with Crippen LogP contribution in [0.25, 0.3) is 0 Å². The van der Waals surface area contributed by atoms with Crippen LogP contribution in [0.1, 0.15) is 19.8 Å². The third kappa shape index (κ3) is 2.63. The van der Waals surface area contributed by atoms with E-state index in [1.54, 1.807) is 0 Å². The number of hydrogen-bond acceptors (Lipinski definition) is 2. The van der Waals surface area contributed by atoms with Gasteiger partial charge in [0, 0.05) is 6.54 Å². The van der Waals surface area contributed by atoms with E-state index in [4.69, 9.17) is 4.74 Å². The summed E-state index contributed by atoms with van der Waals surface area (Å²) in [5, 5.41) is 0. The van der Waals surface area contributed by atoms with Crippen molar-refractivity contribution in [1.82, 2.24) is 4.90 Å². The molecule has 1 saturated carbocycles. The summed E-state index contributed by atoms with van der Waals surface area (Å²) in [6.45, 7) is 4.24. The predicted molar refractivity (Wildman–Crippen MR) is 62.6 cm³/mol. The molecule has 2 aliphatic carbocycles. The molecule has 2 aliphatic rings. The lowest BCUT2D eigenvalue weighted by Crippen LogP contribution is -2.14. The summed E-state index contributed by atoms with van der Waals surface area (Å²) >= 11 is 0. The molecule has 0 radical (unpaired) electrons. The summed E-state index contributed by atoms with van der Waals surface area (Å²) in [5.41, 5.74) is 0.469. The van der Waals surface area contributed by atoms with Crippen LogP contribution in [0.5, 0.6) is 0 Å². The van der Waals surface area contributed by atoms with Gasteiger partial charge in [0.15, 0.2) is 0 Å². The molecule has 1 fully saturated rings. The van der Waals surface area contributed by atoms with Gasteiger partial charge < -0.3 is 9.64 Å². The molecule has 0 spiro atoms. The maximum absolute atomic E-state index is 5.72. The lowest BCUT2D eigenvalue weighted by Gasteiger charge is -2.14. The van der Waals surface area contributed by atoms with Gasteiger partial charge in [-0.2, -0.15) is 0 Å². The summed E-state index contributed by atoms with van der Waals surface area (Å²) in [4.78, 5) is 2.19. The van der Waals surface area contributed by atoms with E-state index >= 15 is 0 Å². The van der Waals surface area contributed by atoms with Gasteiger partial charge in [-0.15, -0.1) is 0 Å². The van der Waals surface area contributed by atoms with E-state index < -0.39 is 0 Å². The Kier molecular flexibility index (Phi) is 2.87. The SMILES string of the molecule is CN(C)CCCOC1=CC2CC2(C)C=C1. The Morgan fingerprint density at radius 3 is 3.00 bits per heavy atom. The van der Waals surface area contributed by atoms with Crippen molar-refractivity contribution >= 4 is 0 Å². The first-order valence-electron chi connectivity index (χ1n) is 5.79. The summed E-state index contributed by atoms with van der Waals surface area (Å²) in [5.74, 6) is 1.82. The molecule has 2 unspecified atom stereocenters. The molecule has 0 heterocycles. The van der Waals surface area contributed by atoms with Gasteiger partial charge in [0.2, 0.25) is 0 Å². The molecule has 2 rings (SSSR count). The molecule has 84 valence electrons. The van der Waals surface area contributed by atoms with Crippen LogP contribution in [-0.4, -0.2) is 32.1 Å². The van der Waals surface area contributed by atoms with Crippen molar-refractivity contribution in [3.8, 4) is 0 Å². The van der Waals surface area contributed by atoms with Gasteiger partial charge in [-0.25, -0.2) is 0 Å². The van der Waals surface area contributed by atoms with Crippen molar-refractivity contribution in [2.75, 3.05) is 27.2 Å². The van der Waals surface area contributed by atoms with Crippen LogP contribution in [0.3, 0.4) is 0 Å². The summed E-state index contributed by atoms with van der Waals surface area (Å²) in [6.07, 6.45) is 9.13. The number of allylic oxidation sites excluding steroid dienone is 3. The van der Waals surface area contributed by atoms with Crippen LogP contribution in [0.2, 0.25) is 0 Å². The normalized spacial score (nSPS) is 32.5. The molecular weight excluding hydrogens is 186 g/mol. The largest absolute Gasteiger partial charge is 0.494 e. The van der Waals surface area contributed by atoms with E-state index in [2.05, 4.69) is 44.1 Å². The zero-order valence-corrected chi connectivity index (χ0v) is 9.99. The van der Waals surface area contributed by atoms with Gasteiger partial charge in [-0.05, 0) is 50.4 Å². The van der Waals surface area contributed by atoms with Crippen molar-refractivity contribution in [3.05, 3.63) is 24.0 Å². The highest BCUT2D eigenvalue weighted by Crippen LogP contribution is 2.56. The van der Waals surface area contributed by atoms with Crippen molar-refractivity contribution in [3.63, 3.8) is 0 Å². The second kappa shape index (κ2) is 4.01. The van der Waals surface area contributed by atoms with Crippen LogP contribution < -0.4 is 0 Å². The van der Waals surface area contributed by atoms with Crippen molar-refractivity contribution < 1.29 is 4.74 Å². The zero-order valence-electron chi connectivity index (χ0n) is 9.99. The highest BCUT2D eigenvalue weighted by Gasteiger charge is 2.48. The minimum atomic E-state index is 0.469. The Balaban J connectivity index is 1.69. The first-order valence-corrected chi connectivity index (χ1v) is 5.79. The summed E-state index contributed by atoms with van der Waals surface area (Å²) < 4.78 is 5.72. The van der Waals surface area contributed by atoms with Crippen molar-refractivity contribution in [1.29, 1.82) is 0 Å². The average molecular weight is 207 g/mol. The molecule has 2 atom stereocenters.